The Hall–Kier alpha value is -2.78. The van der Waals surface area contributed by atoms with E-state index < -0.39 is 41.3 Å². The van der Waals surface area contributed by atoms with Crippen LogP contribution in [0.2, 0.25) is 0 Å². The van der Waals surface area contributed by atoms with Gasteiger partial charge < -0.3 is 34.9 Å². The van der Waals surface area contributed by atoms with Crippen LogP contribution in [-0.4, -0.2) is 65.2 Å². The average Bonchev–Trinajstić information content (AvgIpc) is 2.99. The first kappa shape index (κ1) is 33.1. The maximum atomic E-state index is 11.3. The van der Waals surface area contributed by atoms with Gasteiger partial charge in [0.2, 0.25) is 0 Å². The topological polar surface area (TPSA) is 162 Å². The van der Waals surface area contributed by atoms with E-state index in [0.29, 0.717) is 18.7 Å². The summed E-state index contributed by atoms with van der Waals surface area (Å²) in [5, 5.41) is 30.7. The van der Waals surface area contributed by atoms with Crippen LogP contribution in [0, 0.1) is 0 Å². The van der Waals surface area contributed by atoms with Crippen LogP contribution >= 0.6 is 16.0 Å². The summed E-state index contributed by atoms with van der Waals surface area (Å²) in [6.07, 6.45) is -0.0811. The van der Waals surface area contributed by atoms with Crippen LogP contribution in [0.15, 0.2) is 97.1 Å². The molecule has 0 atom stereocenters. The van der Waals surface area contributed by atoms with E-state index in [4.69, 9.17) is 0 Å². The number of aliphatic hydroxyl groups is 3. The summed E-state index contributed by atoms with van der Waals surface area (Å²) in [4.78, 5) is 38.8. The summed E-state index contributed by atoms with van der Waals surface area (Å²) < 4.78 is 11.3. The molecule has 4 rings (SSSR count). The van der Waals surface area contributed by atoms with Crippen LogP contribution in [0.1, 0.15) is 22.3 Å². The molecule has 0 radical (unpaired) electrons. The number of nitrogens with zero attached hydrogens (tertiary/aromatic N) is 1. The van der Waals surface area contributed by atoms with Gasteiger partial charge in [-0.2, -0.15) is 0 Å². The Labute approximate surface area is 252 Å². The third-order valence-corrected chi connectivity index (χ3v) is 8.92. The zero-order chi connectivity index (χ0) is 31.0. The number of rotatable bonds is 14. The maximum Gasteiger partial charge on any atom is 0.329 e. The summed E-state index contributed by atoms with van der Waals surface area (Å²) >= 11 is 0. The van der Waals surface area contributed by atoms with Crippen LogP contribution < -0.4 is 0 Å². The fraction of sp³-hybridized carbons (Fsp3) is 0.250. The molecule has 0 aromatic heterocycles. The molecule has 0 aliphatic heterocycles. The van der Waals surface area contributed by atoms with Gasteiger partial charge in [-0.1, -0.05) is 97.1 Å². The van der Waals surface area contributed by atoms with E-state index in [1.807, 2.05) is 89.8 Å². The highest BCUT2D eigenvalue weighted by molar-refractivity contribution is 7.50. The highest BCUT2D eigenvalue weighted by Crippen LogP contribution is 2.39. The summed E-state index contributed by atoms with van der Waals surface area (Å²) in [6, 6.07) is 30.3. The van der Waals surface area contributed by atoms with Gasteiger partial charge in [0.1, 0.15) is 0 Å². The molecule has 0 amide bonds. The first-order valence-corrected chi connectivity index (χ1v) is 16.9. The van der Waals surface area contributed by atoms with Crippen LogP contribution in [0.25, 0.3) is 22.3 Å². The molecule has 228 valence electrons. The molecule has 7 N–H and O–H groups in total. The van der Waals surface area contributed by atoms with Crippen molar-refractivity contribution in [1.82, 2.24) is 4.90 Å². The zero-order valence-electron chi connectivity index (χ0n) is 23.6. The molecule has 0 aliphatic rings. The maximum absolute atomic E-state index is 11.3. The first-order chi connectivity index (χ1) is 20.5. The van der Waals surface area contributed by atoms with Crippen molar-refractivity contribution in [1.29, 1.82) is 0 Å². The smallest absolute Gasteiger partial charge is 0.329 e. The van der Waals surface area contributed by atoms with E-state index in [1.165, 1.54) is 0 Å². The van der Waals surface area contributed by atoms with Crippen molar-refractivity contribution in [2.45, 2.75) is 31.0 Å². The molecule has 0 fully saturated rings. The number of hydrogen-bond acceptors (Lipinski definition) is 7. The minimum absolute atomic E-state index is 0.227. The van der Waals surface area contributed by atoms with E-state index in [-0.39, 0.29) is 12.3 Å². The molecule has 0 bridgehead atoms. The van der Waals surface area contributed by atoms with Crippen LogP contribution in [0.5, 0.6) is 0 Å². The highest BCUT2D eigenvalue weighted by Gasteiger charge is 2.35. The Morgan fingerprint density at radius 1 is 0.558 bits per heavy atom. The molecule has 0 unspecified atom stereocenters. The number of benzene rings is 4. The van der Waals surface area contributed by atoms with Crippen molar-refractivity contribution in [3.8, 4) is 22.3 Å². The monoisotopic (exact) mass is 625 g/mol. The first-order valence-electron chi connectivity index (χ1n) is 13.7. The summed E-state index contributed by atoms with van der Waals surface area (Å²) in [6.45, 7) is -0.598. The van der Waals surface area contributed by atoms with E-state index in [9.17, 15) is 39.5 Å². The largest absolute Gasteiger partial charge is 0.394 e. The van der Waals surface area contributed by atoms with Gasteiger partial charge in [0.15, 0.2) is 8.38 Å². The van der Waals surface area contributed by atoms with Gasteiger partial charge >= 0.3 is 7.60 Å². The Bertz CT molecular complexity index is 1480. The van der Waals surface area contributed by atoms with E-state index in [1.54, 1.807) is 12.1 Å². The van der Waals surface area contributed by atoms with Crippen LogP contribution in [0.3, 0.4) is 0 Å². The lowest BCUT2D eigenvalue weighted by Gasteiger charge is -2.40. The third-order valence-electron chi connectivity index (χ3n) is 7.50. The lowest BCUT2D eigenvalue weighted by Crippen LogP contribution is -2.56. The molecule has 4 aromatic rings. The lowest BCUT2D eigenvalue weighted by atomic mass is 9.96. The van der Waals surface area contributed by atoms with Gasteiger partial charge in [0.25, 0.3) is 0 Å². The van der Waals surface area contributed by atoms with Crippen molar-refractivity contribution < 1.29 is 39.5 Å². The Kier molecular flexibility index (Phi) is 11.4. The predicted molar refractivity (Wildman–Crippen MR) is 168 cm³/mol. The molecular formula is C32H37NO8P2. The van der Waals surface area contributed by atoms with Gasteiger partial charge in [-0.15, -0.1) is 0 Å². The van der Waals surface area contributed by atoms with Gasteiger partial charge in [0.05, 0.1) is 31.5 Å². The predicted octanol–water partition coefficient (Wildman–Crippen LogP) is 4.21. The van der Waals surface area contributed by atoms with Crippen molar-refractivity contribution >= 4 is 16.0 Å². The molecule has 0 aliphatic carbocycles. The zero-order valence-corrected chi connectivity index (χ0v) is 25.4. The number of aliphatic hydroxyl groups excluding tert-OH is 3. The molecular weight excluding hydrogens is 588 g/mol. The molecule has 9 nitrogen and oxygen atoms in total. The van der Waals surface area contributed by atoms with E-state index >= 15 is 0 Å². The molecule has 0 saturated heterocycles. The standard InChI is InChI=1S/C32H37NO8P2/c34-21-32(22-35,23-36)33(17-24-1-9-28(10-2-24)30-13-5-26(6-14-30)19-42(37)38)18-25-3-11-29(12-4-25)31-15-7-27(8-16-31)20-43(39,40)41/h1-16,34-38H,17-23H2,(H2,39,40,41). The fourth-order valence-electron chi connectivity index (χ4n) is 4.89. The minimum Gasteiger partial charge on any atom is -0.394 e. The minimum atomic E-state index is -4.14. The fourth-order valence-corrected chi connectivity index (χ4v) is 6.12. The Morgan fingerprint density at radius 2 is 0.884 bits per heavy atom. The van der Waals surface area contributed by atoms with E-state index in [0.717, 1.165) is 38.9 Å². The Morgan fingerprint density at radius 3 is 1.19 bits per heavy atom. The second-order valence-corrected chi connectivity index (χ2v) is 13.4. The third kappa shape index (κ3) is 9.11. The summed E-state index contributed by atoms with van der Waals surface area (Å²) in [7, 11) is -6.12. The van der Waals surface area contributed by atoms with Crippen LogP contribution in [0.4, 0.5) is 0 Å². The normalized spacial score (nSPS) is 12.3. The summed E-state index contributed by atoms with van der Waals surface area (Å²) in [5.74, 6) is 0. The van der Waals surface area contributed by atoms with Gasteiger partial charge in [0, 0.05) is 19.3 Å². The van der Waals surface area contributed by atoms with Crippen molar-refractivity contribution in [2.24, 2.45) is 0 Å². The quantitative estimate of drug-likeness (QED) is 0.102. The second kappa shape index (κ2) is 14.8. The van der Waals surface area contributed by atoms with Gasteiger partial charge in [-0.3, -0.25) is 9.46 Å². The molecule has 0 saturated carbocycles. The Balaban J connectivity index is 1.50. The second-order valence-electron chi connectivity index (χ2n) is 10.7. The van der Waals surface area contributed by atoms with E-state index in [2.05, 4.69) is 0 Å². The molecule has 4 aromatic carbocycles. The van der Waals surface area contributed by atoms with Gasteiger partial charge in [-0.25, -0.2) is 0 Å². The molecule has 11 heteroatoms. The van der Waals surface area contributed by atoms with Gasteiger partial charge in [-0.05, 0) is 44.5 Å². The highest BCUT2D eigenvalue weighted by atomic mass is 31.2. The summed E-state index contributed by atoms with van der Waals surface area (Å²) in [5.41, 5.74) is 5.79. The van der Waals surface area contributed by atoms with Crippen LogP contribution in [-0.2, 0) is 30.0 Å². The molecule has 0 spiro atoms. The SMILES string of the molecule is O=P(O)(O)Cc1ccc(-c2ccc(CN(Cc3ccc(-c4ccc(CP(O)O)cc4)cc3)C(CO)(CO)CO)cc2)cc1. The van der Waals surface area contributed by atoms with Crippen molar-refractivity contribution in [3.63, 3.8) is 0 Å². The average molecular weight is 626 g/mol. The van der Waals surface area contributed by atoms with Crippen molar-refractivity contribution in [2.75, 3.05) is 19.8 Å². The number of hydrogen-bond donors (Lipinski definition) is 7. The molecule has 0 heterocycles. The lowest BCUT2D eigenvalue weighted by molar-refractivity contribution is -0.0568. The van der Waals surface area contributed by atoms with Crippen molar-refractivity contribution in [3.05, 3.63) is 119 Å². The molecule has 43 heavy (non-hydrogen) atoms.